The number of carbonyl (C=O) groups excluding carboxylic acids is 2. The predicted octanol–water partition coefficient (Wildman–Crippen LogP) is 3.47. The first-order valence-electron chi connectivity index (χ1n) is 7.53. The number of hydrogen-bond acceptors (Lipinski definition) is 5. The smallest absolute Gasteiger partial charge is 0.272 e. The Morgan fingerprint density at radius 1 is 1.16 bits per heavy atom. The second kappa shape index (κ2) is 5.48. The van der Waals surface area contributed by atoms with Crippen LogP contribution in [0.15, 0.2) is 47.0 Å². The summed E-state index contributed by atoms with van der Waals surface area (Å²) in [5, 5.41) is 13.6. The molecule has 0 saturated carbocycles. The molecule has 3 N–H and O–H groups in total. The van der Waals surface area contributed by atoms with Gasteiger partial charge in [0.2, 0.25) is 5.71 Å². The molecule has 1 aromatic carbocycles. The van der Waals surface area contributed by atoms with E-state index in [0.29, 0.717) is 22.5 Å². The fraction of sp³-hybridized carbons (Fsp3) is 0.0556. The largest absolute Gasteiger partial charge is 0.508 e. The summed E-state index contributed by atoms with van der Waals surface area (Å²) in [6.07, 6.45) is 1.46. The van der Waals surface area contributed by atoms with Crippen LogP contribution in [-0.2, 0) is 0 Å². The average molecular weight is 335 g/mol. The number of carbonyl (C=O) groups is 2. The van der Waals surface area contributed by atoms with E-state index < -0.39 is 0 Å². The molecule has 7 nitrogen and oxygen atoms in total. The number of aromatic nitrogens is 2. The number of rotatable bonds is 3. The number of ketones is 1. The molecule has 0 unspecified atom stereocenters. The highest BCUT2D eigenvalue weighted by Crippen LogP contribution is 2.23. The summed E-state index contributed by atoms with van der Waals surface area (Å²) in [6, 6.07) is 9.75. The minimum Gasteiger partial charge on any atom is -0.508 e. The number of H-pyrrole nitrogens is 1. The molecule has 4 aromatic rings. The van der Waals surface area contributed by atoms with Gasteiger partial charge in [0.15, 0.2) is 11.5 Å². The van der Waals surface area contributed by atoms with Crippen LogP contribution in [0.2, 0.25) is 0 Å². The second-order valence-electron chi connectivity index (χ2n) is 5.69. The van der Waals surface area contributed by atoms with Crippen LogP contribution in [0.4, 0.5) is 5.69 Å². The first kappa shape index (κ1) is 14.9. The number of phenols is 1. The van der Waals surface area contributed by atoms with Crippen LogP contribution in [0, 0.1) is 0 Å². The van der Waals surface area contributed by atoms with Gasteiger partial charge in [0.1, 0.15) is 11.4 Å². The Bertz CT molecular complexity index is 1140. The molecule has 7 heteroatoms. The van der Waals surface area contributed by atoms with Crippen LogP contribution >= 0.6 is 0 Å². The van der Waals surface area contributed by atoms with Gasteiger partial charge >= 0.3 is 0 Å². The van der Waals surface area contributed by atoms with Gasteiger partial charge in [-0.1, -0.05) is 0 Å². The Labute approximate surface area is 141 Å². The van der Waals surface area contributed by atoms with Crippen LogP contribution in [0.1, 0.15) is 28.0 Å². The van der Waals surface area contributed by atoms with Gasteiger partial charge in [-0.25, -0.2) is 4.98 Å². The van der Waals surface area contributed by atoms with E-state index >= 15 is 0 Å². The third-order valence-electron chi connectivity index (χ3n) is 3.83. The lowest BCUT2D eigenvalue weighted by Gasteiger charge is -2.02. The number of phenolic OH excluding ortho intramolecular Hbond substituents is 1. The number of amides is 1. The maximum atomic E-state index is 12.4. The summed E-state index contributed by atoms with van der Waals surface area (Å²) in [7, 11) is 0. The topological polar surface area (TPSA) is 108 Å². The molecule has 0 saturated heterocycles. The minimum atomic E-state index is -0.341. The molecule has 4 rings (SSSR count). The van der Waals surface area contributed by atoms with Crippen LogP contribution < -0.4 is 5.32 Å². The molecule has 1 amide bonds. The maximum Gasteiger partial charge on any atom is 0.272 e. The Balaban J connectivity index is 1.62. The number of nitrogens with zero attached hydrogens (tertiary/aromatic N) is 1. The monoisotopic (exact) mass is 335 g/mol. The van der Waals surface area contributed by atoms with Crippen molar-refractivity contribution in [2.24, 2.45) is 0 Å². The highest BCUT2D eigenvalue weighted by Gasteiger charge is 2.13. The van der Waals surface area contributed by atoms with Gasteiger partial charge in [0.05, 0.1) is 11.9 Å². The third kappa shape index (κ3) is 2.72. The van der Waals surface area contributed by atoms with E-state index in [2.05, 4.69) is 15.3 Å². The highest BCUT2D eigenvalue weighted by atomic mass is 16.4. The molecule has 0 spiro atoms. The van der Waals surface area contributed by atoms with E-state index in [0.717, 1.165) is 10.9 Å². The molecule has 0 radical (unpaired) electrons. The molecule has 124 valence electrons. The molecule has 0 bridgehead atoms. The first-order chi connectivity index (χ1) is 12.0. The average Bonchev–Trinajstić information content (AvgIpc) is 3.17. The van der Waals surface area contributed by atoms with Crippen molar-refractivity contribution in [1.29, 1.82) is 0 Å². The van der Waals surface area contributed by atoms with Crippen LogP contribution in [-0.4, -0.2) is 26.8 Å². The number of nitrogens with one attached hydrogen (secondary N) is 2. The number of furan rings is 1. The van der Waals surface area contributed by atoms with Crippen molar-refractivity contribution < 1.29 is 19.1 Å². The number of pyridine rings is 1. The third-order valence-corrected chi connectivity index (χ3v) is 3.83. The fourth-order valence-electron chi connectivity index (χ4n) is 2.62. The number of benzene rings is 1. The molecule has 0 aliphatic carbocycles. The Hall–Kier alpha value is -3.61. The summed E-state index contributed by atoms with van der Waals surface area (Å²) in [5.74, 6) is -0.173. The van der Waals surface area contributed by atoms with Gasteiger partial charge in [-0.2, -0.15) is 0 Å². The zero-order chi connectivity index (χ0) is 17.6. The maximum absolute atomic E-state index is 12.4. The summed E-state index contributed by atoms with van der Waals surface area (Å²) in [6.45, 7) is 1.41. The number of anilines is 1. The fourth-order valence-corrected chi connectivity index (χ4v) is 2.62. The standard InChI is InChI=1S/C18H13N3O4/c1-9(22)16-7-11-4-12(8-19-18(11)25-16)20-17(24)15-6-10-5-13(23)2-3-14(10)21-15/h2-8,21,23H,1H3,(H,20,24). The Morgan fingerprint density at radius 2 is 2.00 bits per heavy atom. The molecule has 0 atom stereocenters. The minimum absolute atomic E-state index is 0.134. The van der Waals surface area contributed by atoms with Gasteiger partial charge in [-0.3, -0.25) is 9.59 Å². The number of hydrogen-bond donors (Lipinski definition) is 3. The molecule has 25 heavy (non-hydrogen) atoms. The number of aromatic amines is 1. The van der Waals surface area contributed by atoms with E-state index in [1.54, 1.807) is 36.4 Å². The lowest BCUT2D eigenvalue weighted by atomic mass is 10.2. The zero-order valence-corrected chi connectivity index (χ0v) is 13.2. The normalized spacial score (nSPS) is 11.1. The van der Waals surface area contributed by atoms with Gasteiger partial charge in [-0.15, -0.1) is 0 Å². The molecule has 3 aromatic heterocycles. The number of aromatic hydroxyl groups is 1. The van der Waals surface area contributed by atoms with Crippen molar-refractivity contribution >= 4 is 39.4 Å². The molecule has 0 aliphatic rings. The van der Waals surface area contributed by atoms with Crippen molar-refractivity contribution in [2.75, 3.05) is 5.32 Å². The van der Waals surface area contributed by atoms with Crippen molar-refractivity contribution in [2.45, 2.75) is 6.92 Å². The lowest BCUT2D eigenvalue weighted by Crippen LogP contribution is -2.12. The van der Waals surface area contributed by atoms with Crippen molar-refractivity contribution in [1.82, 2.24) is 9.97 Å². The quantitative estimate of drug-likeness (QED) is 0.497. The molecule has 0 fully saturated rings. The van der Waals surface area contributed by atoms with Gasteiger partial charge in [0, 0.05) is 23.2 Å². The van der Waals surface area contributed by atoms with E-state index in [1.807, 2.05) is 0 Å². The summed E-state index contributed by atoms with van der Waals surface area (Å²) >= 11 is 0. The Morgan fingerprint density at radius 3 is 2.80 bits per heavy atom. The van der Waals surface area contributed by atoms with Crippen LogP contribution in [0.3, 0.4) is 0 Å². The van der Waals surface area contributed by atoms with Gasteiger partial charge in [-0.05, 0) is 36.4 Å². The Kier molecular flexibility index (Phi) is 3.28. The lowest BCUT2D eigenvalue weighted by molar-refractivity contribution is 0.0987. The summed E-state index contributed by atoms with van der Waals surface area (Å²) in [4.78, 5) is 30.9. The molecule has 3 heterocycles. The van der Waals surface area contributed by atoms with Gasteiger partial charge < -0.3 is 19.8 Å². The van der Waals surface area contributed by atoms with Crippen molar-refractivity contribution in [3.63, 3.8) is 0 Å². The summed E-state index contributed by atoms with van der Waals surface area (Å²) in [5.41, 5.74) is 1.92. The second-order valence-corrected chi connectivity index (χ2v) is 5.69. The summed E-state index contributed by atoms with van der Waals surface area (Å²) < 4.78 is 5.32. The first-order valence-corrected chi connectivity index (χ1v) is 7.53. The SMILES string of the molecule is CC(=O)c1cc2cc(NC(=O)c3cc4cc(O)ccc4[nH]3)cnc2o1. The predicted molar refractivity (Wildman–Crippen MR) is 91.9 cm³/mol. The van der Waals surface area contributed by atoms with E-state index in [1.165, 1.54) is 13.1 Å². The van der Waals surface area contributed by atoms with E-state index in [4.69, 9.17) is 4.42 Å². The van der Waals surface area contributed by atoms with E-state index in [9.17, 15) is 14.7 Å². The molecular weight excluding hydrogens is 322 g/mol. The van der Waals surface area contributed by atoms with Crippen LogP contribution in [0.25, 0.3) is 22.0 Å². The number of fused-ring (bicyclic) bond motifs is 2. The molecular formula is C18H13N3O4. The van der Waals surface area contributed by atoms with E-state index in [-0.39, 0.29) is 23.2 Å². The van der Waals surface area contributed by atoms with Gasteiger partial charge in [0.25, 0.3) is 5.91 Å². The number of Topliss-reactive ketones (excluding diaryl/α,β-unsaturated/α-hetero) is 1. The molecule has 0 aliphatic heterocycles. The highest BCUT2D eigenvalue weighted by molar-refractivity contribution is 6.06. The van der Waals surface area contributed by atoms with Crippen LogP contribution in [0.5, 0.6) is 5.75 Å². The van der Waals surface area contributed by atoms with Crippen molar-refractivity contribution in [3.05, 3.63) is 54.0 Å². The van der Waals surface area contributed by atoms with Crippen molar-refractivity contribution in [3.8, 4) is 5.75 Å². The zero-order valence-electron chi connectivity index (χ0n) is 13.2.